The van der Waals surface area contributed by atoms with Crippen LogP contribution in [-0.2, 0) is 14.3 Å². The number of hydrogen-bond acceptors (Lipinski definition) is 5. The van der Waals surface area contributed by atoms with Crippen molar-refractivity contribution in [3.05, 3.63) is 89.7 Å². The van der Waals surface area contributed by atoms with Gasteiger partial charge in [-0.2, -0.15) is 0 Å². The fraction of sp³-hybridized carbons (Fsp3) is 0.138. The van der Waals surface area contributed by atoms with E-state index in [-0.39, 0.29) is 31.5 Å². The molecule has 8 heteroatoms. The zero-order valence-corrected chi connectivity index (χ0v) is 20.7. The molecule has 4 aromatic rings. The van der Waals surface area contributed by atoms with Crippen LogP contribution < -0.4 is 9.64 Å². The highest BCUT2D eigenvalue weighted by Gasteiger charge is 2.28. The number of pyridine rings is 1. The standard InChI is InChI=1S/C29H22ClFN2O4/c1-2-36-29(35)16-33-26-15-20(7-12-27(26)37-17-28(33)34)25-14-21(18-3-8-22(30)9-4-18)13-24(32-25)19-5-10-23(31)11-6-19/h3-15H,2,16-17H2,1H3. The first-order valence-corrected chi connectivity index (χ1v) is 12.1. The van der Waals surface area contributed by atoms with Crippen LogP contribution in [0.4, 0.5) is 10.1 Å². The molecule has 1 amide bonds. The lowest BCUT2D eigenvalue weighted by Crippen LogP contribution is -2.42. The third-order valence-electron chi connectivity index (χ3n) is 5.93. The van der Waals surface area contributed by atoms with Gasteiger partial charge in [0.2, 0.25) is 0 Å². The van der Waals surface area contributed by atoms with Crippen LogP contribution >= 0.6 is 11.6 Å². The molecule has 0 bridgehead atoms. The quantitative estimate of drug-likeness (QED) is 0.287. The zero-order valence-electron chi connectivity index (χ0n) is 19.9. The van der Waals surface area contributed by atoms with Gasteiger partial charge in [0.05, 0.1) is 23.7 Å². The molecule has 0 atom stereocenters. The summed E-state index contributed by atoms with van der Waals surface area (Å²) in [6, 6.07) is 22.8. The Bertz CT molecular complexity index is 1410. The number of carbonyl (C=O) groups is 2. The number of nitrogens with zero attached hydrogens (tertiary/aromatic N) is 2. The Morgan fingerprint density at radius 1 is 0.946 bits per heavy atom. The van der Waals surface area contributed by atoms with Crippen LogP contribution in [-0.4, -0.2) is 36.6 Å². The molecule has 0 radical (unpaired) electrons. The summed E-state index contributed by atoms with van der Waals surface area (Å²) in [5.74, 6) is -0.692. The van der Waals surface area contributed by atoms with Gasteiger partial charge in [-0.1, -0.05) is 23.7 Å². The Balaban J connectivity index is 1.62. The number of benzene rings is 3. The minimum atomic E-state index is -0.504. The summed E-state index contributed by atoms with van der Waals surface area (Å²) in [5.41, 5.74) is 5.01. The summed E-state index contributed by atoms with van der Waals surface area (Å²) in [5, 5.41) is 0.623. The van der Waals surface area contributed by atoms with Gasteiger partial charge in [0.1, 0.15) is 18.1 Å². The number of esters is 1. The van der Waals surface area contributed by atoms with E-state index in [1.165, 1.54) is 17.0 Å². The summed E-state index contributed by atoms with van der Waals surface area (Å²) < 4.78 is 24.2. The van der Waals surface area contributed by atoms with Gasteiger partial charge >= 0.3 is 5.97 Å². The fourth-order valence-corrected chi connectivity index (χ4v) is 4.25. The molecule has 186 valence electrons. The van der Waals surface area contributed by atoms with Gasteiger partial charge in [0.25, 0.3) is 5.91 Å². The first-order chi connectivity index (χ1) is 17.9. The van der Waals surface area contributed by atoms with Crippen molar-refractivity contribution in [2.75, 3.05) is 24.7 Å². The van der Waals surface area contributed by atoms with Gasteiger partial charge < -0.3 is 9.47 Å². The molecule has 0 saturated heterocycles. The van der Waals surface area contributed by atoms with Crippen molar-refractivity contribution in [3.63, 3.8) is 0 Å². The Labute approximate surface area is 218 Å². The van der Waals surface area contributed by atoms with Crippen molar-refractivity contribution in [3.8, 4) is 39.4 Å². The Morgan fingerprint density at radius 2 is 1.59 bits per heavy atom. The number of anilines is 1. The van der Waals surface area contributed by atoms with Crippen LogP contribution in [0.2, 0.25) is 5.02 Å². The van der Waals surface area contributed by atoms with Gasteiger partial charge in [-0.05, 0) is 84.8 Å². The van der Waals surface area contributed by atoms with E-state index in [1.54, 1.807) is 31.2 Å². The second-order valence-corrected chi connectivity index (χ2v) is 8.83. The summed E-state index contributed by atoms with van der Waals surface area (Å²) >= 11 is 6.09. The number of carbonyl (C=O) groups excluding carboxylic acids is 2. The highest BCUT2D eigenvalue weighted by Crippen LogP contribution is 2.37. The van der Waals surface area contributed by atoms with E-state index >= 15 is 0 Å². The number of aromatic nitrogens is 1. The maximum atomic E-state index is 13.6. The van der Waals surface area contributed by atoms with Gasteiger partial charge in [0.15, 0.2) is 6.61 Å². The topological polar surface area (TPSA) is 68.7 Å². The average Bonchev–Trinajstić information content (AvgIpc) is 2.91. The van der Waals surface area contributed by atoms with Crippen molar-refractivity contribution < 1.29 is 23.5 Å². The van der Waals surface area contributed by atoms with Crippen molar-refractivity contribution in [1.82, 2.24) is 4.98 Å². The van der Waals surface area contributed by atoms with E-state index in [9.17, 15) is 14.0 Å². The Kier molecular flexibility index (Phi) is 6.88. The van der Waals surface area contributed by atoms with E-state index in [2.05, 4.69) is 0 Å². The maximum absolute atomic E-state index is 13.6. The summed E-state index contributed by atoms with van der Waals surface area (Å²) in [7, 11) is 0. The maximum Gasteiger partial charge on any atom is 0.326 e. The lowest BCUT2D eigenvalue weighted by molar-refractivity contribution is -0.142. The van der Waals surface area contributed by atoms with Crippen LogP contribution in [0.1, 0.15) is 6.92 Å². The third kappa shape index (κ3) is 5.32. The van der Waals surface area contributed by atoms with Crippen molar-refractivity contribution in [1.29, 1.82) is 0 Å². The van der Waals surface area contributed by atoms with Crippen molar-refractivity contribution in [2.24, 2.45) is 0 Å². The van der Waals surface area contributed by atoms with Crippen LogP contribution in [0, 0.1) is 5.82 Å². The summed E-state index contributed by atoms with van der Waals surface area (Å²) in [4.78, 5) is 31.0. The first-order valence-electron chi connectivity index (χ1n) is 11.7. The lowest BCUT2D eigenvalue weighted by Gasteiger charge is -2.29. The van der Waals surface area contributed by atoms with E-state index in [4.69, 9.17) is 26.1 Å². The van der Waals surface area contributed by atoms with Crippen LogP contribution in [0.15, 0.2) is 78.9 Å². The molecule has 6 nitrogen and oxygen atoms in total. The molecule has 0 saturated carbocycles. The number of fused-ring (bicyclic) bond motifs is 1. The number of rotatable bonds is 6. The van der Waals surface area contributed by atoms with E-state index in [0.29, 0.717) is 33.4 Å². The van der Waals surface area contributed by atoms with E-state index in [1.807, 2.05) is 42.5 Å². The van der Waals surface area contributed by atoms with Crippen LogP contribution in [0.25, 0.3) is 33.6 Å². The fourth-order valence-electron chi connectivity index (χ4n) is 4.13. The van der Waals surface area contributed by atoms with Gasteiger partial charge in [0, 0.05) is 16.1 Å². The second kappa shape index (κ2) is 10.4. The molecule has 0 spiro atoms. The molecule has 0 fully saturated rings. The SMILES string of the molecule is CCOC(=O)CN1C(=O)COc2ccc(-c3cc(-c4ccc(Cl)cc4)cc(-c4ccc(F)cc4)n3)cc21. The molecular weight excluding hydrogens is 495 g/mol. The molecule has 1 aliphatic heterocycles. The molecular formula is C29H22ClFN2O4. The van der Waals surface area contributed by atoms with Gasteiger partial charge in [-0.25, -0.2) is 9.37 Å². The van der Waals surface area contributed by atoms with Crippen LogP contribution in [0.3, 0.4) is 0 Å². The number of amides is 1. The highest BCUT2D eigenvalue weighted by atomic mass is 35.5. The Morgan fingerprint density at radius 3 is 2.30 bits per heavy atom. The van der Waals surface area contributed by atoms with Crippen LogP contribution in [0.5, 0.6) is 5.75 Å². The average molecular weight is 517 g/mol. The lowest BCUT2D eigenvalue weighted by atomic mass is 9.99. The monoisotopic (exact) mass is 516 g/mol. The zero-order chi connectivity index (χ0) is 25.9. The first kappa shape index (κ1) is 24.5. The normalized spacial score (nSPS) is 12.6. The molecule has 0 unspecified atom stereocenters. The minimum Gasteiger partial charge on any atom is -0.482 e. The summed E-state index contributed by atoms with van der Waals surface area (Å²) in [6.07, 6.45) is 0. The number of ether oxygens (including phenoxy) is 2. The summed E-state index contributed by atoms with van der Waals surface area (Å²) in [6.45, 7) is 1.55. The smallest absolute Gasteiger partial charge is 0.326 e. The molecule has 0 aliphatic carbocycles. The van der Waals surface area contributed by atoms with E-state index in [0.717, 1.165) is 16.7 Å². The largest absolute Gasteiger partial charge is 0.482 e. The molecule has 5 rings (SSSR count). The van der Waals surface area contributed by atoms with E-state index < -0.39 is 5.97 Å². The Hall–Kier alpha value is -4.23. The molecule has 3 aromatic carbocycles. The van der Waals surface area contributed by atoms with Crippen molar-refractivity contribution in [2.45, 2.75) is 6.92 Å². The van der Waals surface area contributed by atoms with Gasteiger partial charge in [-0.15, -0.1) is 0 Å². The highest BCUT2D eigenvalue weighted by molar-refractivity contribution is 6.30. The molecule has 2 heterocycles. The van der Waals surface area contributed by atoms with Gasteiger partial charge in [-0.3, -0.25) is 14.5 Å². The number of hydrogen-bond donors (Lipinski definition) is 0. The number of halogens is 2. The molecule has 1 aromatic heterocycles. The predicted octanol–water partition coefficient (Wildman–Crippen LogP) is 6.16. The van der Waals surface area contributed by atoms with Crippen molar-refractivity contribution >= 4 is 29.2 Å². The third-order valence-corrected chi connectivity index (χ3v) is 6.19. The minimum absolute atomic E-state index is 0.162. The predicted molar refractivity (Wildman–Crippen MR) is 140 cm³/mol. The molecule has 0 N–H and O–H groups in total. The molecule has 37 heavy (non-hydrogen) atoms. The second-order valence-electron chi connectivity index (χ2n) is 8.40. The molecule has 1 aliphatic rings.